The first-order valence-corrected chi connectivity index (χ1v) is 7.44. The quantitative estimate of drug-likeness (QED) is 0.814. The van der Waals surface area contributed by atoms with Crippen molar-refractivity contribution in [2.45, 2.75) is 26.8 Å². The van der Waals surface area contributed by atoms with Crippen molar-refractivity contribution in [1.82, 2.24) is 15.3 Å². The Labute approximate surface area is 127 Å². The number of rotatable bonds is 6. The molecule has 20 heavy (non-hydrogen) atoms. The number of nitrogens with zero attached hydrogens (tertiary/aromatic N) is 2. The summed E-state index contributed by atoms with van der Waals surface area (Å²) in [4.78, 5) is 8.61. The smallest absolute Gasteiger partial charge is 0.237 e. The van der Waals surface area contributed by atoms with Gasteiger partial charge in [0.15, 0.2) is 0 Å². The SMILES string of the molecule is CCCNCc1cnc(Oc2ccc(Br)cc2C)cn1. The normalized spacial score (nSPS) is 10.6. The monoisotopic (exact) mass is 335 g/mol. The number of aromatic nitrogens is 2. The zero-order chi connectivity index (χ0) is 14.4. The van der Waals surface area contributed by atoms with E-state index in [1.54, 1.807) is 12.4 Å². The van der Waals surface area contributed by atoms with E-state index in [1.165, 1.54) is 0 Å². The van der Waals surface area contributed by atoms with E-state index in [0.29, 0.717) is 5.88 Å². The summed E-state index contributed by atoms with van der Waals surface area (Å²) in [7, 11) is 0. The molecule has 2 aromatic rings. The lowest BCUT2D eigenvalue weighted by Crippen LogP contribution is -2.14. The predicted octanol–water partition coefficient (Wildman–Crippen LogP) is 3.84. The predicted molar refractivity (Wildman–Crippen MR) is 83.0 cm³/mol. The van der Waals surface area contributed by atoms with Gasteiger partial charge in [0.05, 0.1) is 18.1 Å². The first kappa shape index (κ1) is 14.9. The van der Waals surface area contributed by atoms with Crippen LogP contribution in [0.15, 0.2) is 35.1 Å². The van der Waals surface area contributed by atoms with Gasteiger partial charge >= 0.3 is 0 Å². The molecular weight excluding hydrogens is 318 g/mol. The van der Waals surface area contributed by atoms with E-state index in [-0.39, 0.29) is 0 Å². The van der Waals surface area contributed by atoms with Crippen LogP contribution in [0.4, 0.5) is 0 Å². The fourth-order valence-corrected chi connectivity index (χ4v) is 2.20. The maximum atomic E-state index is 5.73. The lowest BCUT2D eigenvalue weighted by Gasteiger charge is -2.08. The van der Waals surface area contributed by atoms with E-state index in [1.807, 2.05) is 25.1 Å². The third-order valence-electron chi connectivity index (χ3n) is 2.77. The molecule has 0 bridgehead atoms. The number of aryl methyl sites for hydroxylation is 1. The molecular formula is C15H18BrN3O. The molecule has 5 heteroatoms. The lowest BCUT2D eigenvalue weighted by atomic mass is 10.2. The number of hydrogen-bond donors (Lipinski definition) is 1. The largest absolute Gasteiger partial charge is 0.437 e. The van der Waals surface area contributed by atoms with Gasteiger partial charge < -0.3 is 10.1 Å². The third kappa shape index (κ3) is 4.28. The highest BCUT2D eigenvalue weighted by molar-refractivity contribution is 9.10. The van der Waals surface area contributed by atoms with Crippen LogP contribution in [0.3, 0.4) is 0 Å². The number of halogens is 1. The Balaban J connectivity index is 1.99. The van der Waals surface area contributed by atoms with Crippen LogP contribution in [-0.2, 0) is 6.54 Å². The molecule has 1 N–H and O–H groups in total. The van der Waals surface area contributed by atoms with Crippen molar-refractivity contribution in [2.24, 2.45) is 0 Å². The topological polar surface area (TPSA) is 47.0 Å². The molecule has 106 valence electrons. The lowest BCUT2D eigenvalue weighted by molar-refractivity contribution is 0.455. The summed E-state index contributed by atoms with van der Waals surface area (Å²) in [6.45, 7) is 5.85. The molecule has 0 radical (unpaired) electrons. The van der Waals surface area contributed by atoms with Crippen LogP contribution in [0.5, 0.6) is 11.6 Å². The molecule has 0 spiro atoms. The summed E-state index contributed by atoms with van der Waals surface area (Å²) in [5, 5.41) is 3.29. The summed E-state index contributed by atoms with van der Waals surface area (Å²) in [6.07, 6.45) is 4.51. The Hall–Kier alpha value is -1.46. The van der Waals surface area contributed by atoms with Gasteiger partial charge in [0.2, 0.25) is 5.88 Å². The van der Waals surface area contributed by atoms with E-state index in [9.17, 15) is 0 Å². The number of ether oxygens (including phenoxy) is 1. The minimum atomic E-state index is 0.509. The third-order valence-corrected chi connectivity index (χ3v) is 3.26. The first-order chi connectivity index (χ1) is 9.69. The van der Waals surface area contributed by atoms with E-state index in [2.05, 4.69) is 38.1 Å². The van der Waals surface area contributed by atoms with Crippen LogP contribution in [-0.4, -0.2) is 16.5 Å². The second kappa shape index (κ2) is 7.36. The molecule has 2 rings (SSSR count). The van der Waals surface area contributed by atoms with Gasteiger partial charge in [0.25, 0.3) is 0 Å². The zero-order valence-corrected chi connectivity index (χ0v) is 13.3. The Morgan fingerprint density at radius 1 is 1.25 bits per heavy atom. The van der Waals surface area contributed by atoms with Crippen molar-refractivity contribution in [3.63, 3.8) is 0 Å². The molecule has 0 saturated heterocycles. The van der Waals surface area contributed by atoms with Gasteiger partial charge in [-0.1, -0.05) is 22.9 Å². The van der Waals surface area contributed by atoms with E-state index in [4.69, 9.17) is 4.74 Å². The van der Waals surface area contributed by atoms with Gasteiger partial charge in [-0.25, -0.2) is 4.98 Å². The second-order valence-corrected chi connectivity index (χ2v) is 5.45. The molecule has 0 aliphatic heterocycles. The molecule has 0 fully saturated rings. The molecule has 0 saturated carbocycles. The molecule has 4 nitrogen and oxygen atoms in total. The van der Waals surface area contributed by atoms with Crippen molar-refractivity contribution < 1.29 is 4.74 Å². The highest BCUT2D eigenvalue weighted by Crippen LogP contribution is 2.25. The van der Waals surface area contributed by atoms with Crippen molar-refractivity contribution in [3.05, 3.63) is 46.3 Å². The molecule has 1 aromatic carbocycles. The molecule has 0 aliphatic rings. The van der Waals surface area contributed by atoms with Gasteiger partial charge in [-0.05, 0) is 43.7 Å². The van der Waals surface area contributed by atoms with Gasteiger partial charge in [-0.2, -0.15) is 0 Å². The summed E-state index contributed by atoms with van der Waals surface area (Å²) in [5.41, 5.74) is 1.97. The van der Waals surface area contributed by atoms with Crippen molar-refractivity contribution in [2.75, 3.05) is 6.54 Å². The molecule has 1 aromatic heterocycles. The Bertz CT molecular complexity index is 558. The van der Waals surface area contributed by atoms with Crippen LogP contribution in [0.1, 0.15) is 24.6 Å². The molecule has 0 unspecified atom stereocenters. The number of nitrogens with one attached hydrogen (secondary N) is 1. The van der Waals surface area contributed by atoms with Crippen LogP contribution < -0.4 is 10.1 Å². The number of hydrogen-bond acceptors (Lipinski definition) is 4. The number of benzene rings is 1. The minimum absolute atomic E-state index is 0.509. The standard InChI is InChI=1S/C15H18BrN3O/c1-3-6-17-8-13-9-19-15(10-18-13)20-14-5-4-12(16)7-11(14)2/h4-5,7,9-10,17H,3,6,8H2,1-2H3. The van der Waals surface area contributed by atoms with Crippen LogP contribution in [0, 0.1) is 6.92 Å². The van der Waals surface area contributed by atoms with E-state index in [0.717, 1.165) is 41.0 Å². The van der Waals surface area contributed by atoms with Crippen molar-refractivity contribution >= 4 is 15.9 Å². The Morgan fingerprint density at radius 2 is 2.10 bits per heavy atom. The molecule has 0 amide bonds. The van der Waals surface area contributed by atoms with Crippen molar-refractivity contribution in [1.29, 1.82) is 0 Å². The van der Waals surface area contributed by atoms with E-state index < -0.39 is 0 Å². The highest BCUT2D eigenvalue weighted by Gasteiger charge is 2.04. The van der Waals surface area contributed by atoms with Crippen LogP contribution >= 0.6 is 15.9 Å². The zero-order valence-electron chi connectivity index (χ0n) is 11.7. The van der Waals surface area contributed by atoms with E-state index >= 15 is 0 Å². The summed E-state index contributed by atoms with van der Waals surface area (Å²) in [5.74, 6) is 1.30. The van der Waals surface area contributed by atoms with Gasteiger partial charge in [-0.3, -0.25) is 4.98 Å². The van der Waals surface area contributed by atoms with Crippen molar-refractivity contribution in [3.8, 4) is 11.6 Å². The average molecular weight is 336 g/mol. The van der Waals surface area contributed by atoms with Crippen LogP contribution in [0.25, 0.3) is 0 Å². The van der Waals surface area contributed by atoms with Crippen LogP contribution in [0.2, 0.25) is 0 Å². The van der Waals surface area contributed by atoms with Gasteiger partial charge in [-0.15, -0.1) is 0 Å². The first-order valence-electron chi connectivity index (χ1n) is 6.64. The molecule has 0 atom stereocenters. The summed E-state index contributed by atoms with van der Waals surface area (Å²) < 4.78 is 6.76. The maximum Gasteiger partial charge on any atom is 0.237 e. The average Bonchev–Trinajstić information content (AvgIpc) is 2.44. The maximum absolute atomic E-state index is 5.73. The molecule has 1 heterocycles. The fourth-order valence-electron chi connectivity index (χ4n) is 1.72. The second-order valence-electron chi connectivity index (χ2n) is 4.53. The van der Waals surface area contributed by atoms with Gasteiger partial charge in [0, 0.05) is 11.0 Å². The minimum Gasteiger partial charge on any atom is -0.437 e. The summed E-state index contributed by atoms with van der Waals surface area (Å²) >= 11 is 3.43. The van der Waals surface area contributed by atoms with Gasteiger partial charge in [0.1, 0.15) is 5.75 Å². The Morgan fingerprint density at radius 3 is 2.75 bits per heavy atom. The highest BCUT2D eigenvalue weighted by atomic mass is 79.9. The Kier molecular flexibility index (Phi) is 5.49. The fraction of sp³-hybridized carbons (Fsp3) is 0.333. The molecule has 0 aliphatic carbocycles. The summed E-state index contributed by atoms with van der Waals surface area (Å²) in [6, 6.07) is 5.86.